The number of aliphatic hydroxyl groups excluding tert-OH is 1. The highest BCUT2D eigenvalue weighted by Crippen LogP contribution is 2.12. The predicted octanol–water partition coefficient (Wildman–Crippen LogP) is 1.15. The first-order valence-electron chi connectivity index (χ1n) is 4.39. The molecule has 0 bridgehead atoms. The van der Waals surface area contributed by atoms with Gasteiger partial charge in [-0.15, -0.1) is 0 Å². The van der Waals surface area contributed by atoms with Gasteiger partial charge in [0.25, 0.3) is 0 Å². The summed E-state index contributed by atoms with van der Waals surface area (Å²) >= 11 is 0. The number of rotatable bonds is 5. The van der Waals surface area contributed by atoms with Crippen LogP contribution in [0.3, 0.4) is 0 Å². The topological polar surface area (TPSA) is 66.8 Å². The van der Waals surface area contributed by atoms with Crippen molar-refractivity contribution in [3.8, 4) is 5.75 Å². The van der Waals surface area contributed by atoms with Crippen molar-refractivity contribution >= 4 is 12.0 Å². The van der Waals surface area contributed by atoms with Crippen LogP contribution in [0.4, 0.5) is 0 Å². The number of carboxylic acids is 1. The molecular formula is C11H12O4. The molecule has 0 amide bonds. The summed E-state index contributed by atoms with van der Waals surface area (Å²) in [4.78, 5) is 10.3. The van der Waals surface area contributed by atoms with Gasteiger partial charge in [0.05, 0.1) is 0 Å². The molecule has 0 saturated carbocycles. The van der Waals surface area contributed by atoms with E-state index in [-0.39, 0.29) is 6.61 Å². The Bertz CT molecular complexity index is 342. The van der Waals surface area contributed by atoms with Crippen LogP contribution in [0.1, 0.15) is 5.56 Å². The van der Waals surface area contributed by atoms with E-state index in [4.69, 9.17) is 14.9 Å². The lowest BCUT2D eigenvalue weighted by Crippen LogP contribution is -2.26. The number of aliphatic hydroxyl groups is 1. The van der Waals surface area contributed by atoms with Crippen molar-refractivity contribution in [1.82, 2.24) is 0 Å². The Kier molecular flexibility index (Phi) is 3.88. The van der Waals surface area contributed by atoms with Crippen molar-refractivity contribution < 1.29 is 19.7 Å². The molecule has 0 saturated heterocycles. The van der Waals surface area contributed by atoms with E-state index in [1.54, 1.807) is 30.3 Å². The highest BCUT2D eigenvalue weighted by Gasteiger charge is 2.13. The van der Waals surface area contributed by atoms with Gasteiger partial charge in [-0.25, -0.2) is 4.79 Å². The lowest BCUT2D eigenvalue weighted by atomic mass is 10.2. The number of ether oxygens (including phenoxy) is 1. The van der Waals surface area contributed by atoms with Gasteiger partial charge in [-0.05, 0) is 17.7 Å². The molecule has 1 rings (SSSR count). The summed E-state index contributed by atoms with van der Waals surface area (Å²) in [5.74, 6) is -0.779. The zero-order valence-corrected chi connectivity index (χ0v) is 8.09. The molecule has 0 aliphatic rings. The number of aliphatic carboxylic acids is 1. The molecular weight excluding hydrogens is 196 g/mol. The van der Waals surface area contributed by atoms with Gasteiger partial charge in [0.2, 0.25) is 0 Å². The number of carbonyl (C=O) groups is 1. The van der Waals surface area contributed by atoms with Gasteiger partial charge < -0.3 is 14.9 Å². The zero-order valence-electron chi connectivity index (χ0n) is 8.09. The van der Waals surface area contributed by atoms with Crippen molar-refractivity contribution in [2.24, 2.45) is 0 Å². The van der Waals surface area contributed by atoms with Crippen molar-refractivity contribution in [2.75, 3.05) is 6.61 Å². The fraction of sp³-hybridized carbons (Fsp3) is 0.182. The van der Waals surface area contributed by atoms with Gasteiger partial charge in [0.15, 0.2) is 6.10 Å². The average Bonchev–Trinajstić information content (AvgIpc) is 2.26. The van der Waals surface area contributed by atoms with Gasteiger partial charge >= 0.3 is 5.97 Å². The van der Waals surface area contributed by atoms with E-state index in [0.29, 0.717) is 5.75 Å². The molecule has 15 heavy (non-hydrogen) atoms. The fourth-order valence-electron chi connectivity index (χ4n) is 0.947. The second kappa shape index (κ2) is 5.17. The molecule has 0 radical (unpaired) electrons. The Balaban J connectivity index is 2.51. The molecule has 0 fully saturated rings. The molecule has 2 N–H and O–H groups in total. The summed E-state index contributed by atoms with van der Waals surface area (Å²) < 4.78 is 5.06. The summed E-state index contributed by atoms with van der Waals surface area (Å²) in [6.07, 6.45) is 0.194. The SMILES string of the molecule is C=Cc1ccc(OCC(O)C(=O)O)cc1. The monoisotopic (exact) mass is 208 g/mol. The van der Waals surface area contributed by atoms with E-state index in [9.17, 15) is 4.79 Å². The van der Waals surface area contributed by atoms with Crippen molar-refractivity contribution in [1.29, 1.82) is 0 Å². The number of benzene rings is 1. The Hall–Kier alpha value is -1.81. The van der Waals surface area contributed by atoms with Crippen LogP contribution in [0, 0.1) is 0 Å². The predicted molar refractivity (Wildman–Crippen MR) is 55.7 cm³/mol. The molecule has 80 valence electrons. The van der Waals surface area contributed by atoms with Crippen LogP contribution in [-0.4, -0.2) is 28.9 Å². The lowest BCUT2D eigenvalue weighted by molar-refractivity contribution is -0.148. The second-order valence-corrected chi connectivity index (χ2v) is 2.94. The van der Waals surface area contributed by atoms with Crippen molar-refractivity contribution in [2.45, 2.75) is 6.10 Å². The molecule has 0 aliphatic carbocycles. The highest BCUT2D eigenvalue weighted by atomic mass is 16.5. The van der Waals surface area contributed by atoms with Crippen molar-refractivity contribution in [3.05, 3.63) is 36.4 Å². The van der Waals surface area contributed by atoms with Crippen LogP contribution >= 0.6 is 0 Å². The number of hydrogen-bond donors (Lipinski definition) is 2. The van der Waals surface area contributed by atoms with Crippen LogP contribution in [0.15, 0.2) is 30.8 Å². The molecule has 1 aromatic carbocycles. The molecule has 0 aromatic heterocycles. The number of carboxylic acid groups (broad SMARTS) is 1. The van der Waals surface area contributed by atoms with Gasteiger partial charge in [-0.2, -0.15) is 0 Å². The molecule has 0 aliphatic heterocycles. The minimum atomic E-state index is -1.50. The van der Waals surface area contributed by atoms with E-state index in [0.717, 1.165) is 5.56 Å². The molecule has 1 atom stereocenters. The van der Waals surface area contributed by atoms with Crippen LogP contribution < -0.4 is 4.74 Å². The van der Waals surface area contributed by atoms with Crippen LogP contribution in [0.5, 0.6) is 5.75 Å². The fourth-order valence-corrected chi connectivity index (χ4v) is 0.947. The lowest BCUT2D eigenvalue weighted by Gasteiger charge is -2.08. The molecule has 1 unspecified atom stereocenters. The number of hydrogen-bond acceptors (Lipinski definition) is 3. The van der Waals surface area contributed by atoms with Crippen LogP contribution in [-0.2, 0) is 4.79 Å². The first-order chi connectivity index (χ1) is 7.13. The molecule has 0 spiro atoms. The van der Waals surface area contributed by atoms with Gasteiger partial charge in [0, 0.05) is 0 Å². The highest BCUT2D eigenvalue weighted by molar-refractivity contribution is 5.72. The Morgan fingerprint density at radius 1 is 1.47 bits per heavy atom. The summed E-state index contributed by atoms with van der Waals surface area (Å²) in [5.41, 5.74) is 0.945. The van der Waals surface area contributed by atoms with E-state index in [2.05, 4.69) is 6.58 Å². The third-order valence-corrected chi connectivity index (χ3v) is 1.81. The Morgan fingerprint density at radius 3 is 2.53 bits per heavy atom. The zero-order chi connectivity index (χ0) is 11.3. The standard InChI is InChI=1S/C11H12O4/c1-2-8-3-5-9(6-4-8)15-7-10(12)11(13)14/h2-6,10,12H,1,7H2,(H,13,14). The Morgan fingerprint density at radius 2 is 2.07 bits per heavy atom. The van der Waals surface area contributed by atoms with E-state index < -0.39 is 12.1 Å². The molecule has 1 aromatic rings. The van der Waals surface area contributed by atoms with Crippen LogP contribution in [0.2, 0.25) is 0 Å². The quantitative estimate of drug-likeness (QED) is 0.761. The third-order valence-electron chi connectivity index (χ3n) is 1.81. The molecule has 0 heterocycles. The van der Waals surface area contributed by atoms with Gasteiger partial charge in [-0.1, -0.05) is 24.8 Å². The minimum Gasteiger partial charge on any atom is -0.490 e. The normalized spacial score (nSPS) is 11.8. The summed E-state index contributed by atoms with van der Waals surface area (Å²) in [6, 6.07) is 6.95. The Labute approximate surface area is 87.4 Å². The van der Waals surface area contributed by atoms with E-state index in [1.165, 1.54) is 0 Å². The average molecular weight is 208 g/mol. The maximum atomic E-state index is 10.3. The van der Waals surface area contributed by atoms with Gasteiger partial charge in [-0.3, -0.25) is 0 Å². The first kappa shape index (κ1) is 11.3. The van der Waals surface area contributed by atoms with Crippen molar-refractivity contribution in [3.63, 3.8) is 0 Å². The smallest absolute Gasteiger partial charge is 0.336 e. The summed E-state index contributed by atoms with van der Waals surface area (Å²) in [5, 5.41) is 17.3. The molecule has 4 heteroatoms. The second-order valence-electron chi connectivity index (χ2n) is 2.94. The largest absolute Gasteiger partial charge is 0.490 e. The van der Waals surface area contributed by atoms with E-state index in [1.807, 2.05) is 0 Å². The van der Waals surface area contributed by atoms with Gasteiger partial charge in [0.1, 0.15) is 12.4 Å². The maximum Gasteiger partial charge on any atom is 0.336 e. The first-order valence-corrected chi connectivity index (χ1v) is 4.39. The third kappa shape index (κ3) is 3.44. The van der Waals surface area contributed by atoms with E-state index >= 15 is 0 Å². The minimum absolute atomic E-state index is 0.261. The van der Waals surface area contributed by atoms with Crippen LogP contribution in [0.25, 0.3) is 6.08 Å². The molecule has 4 nitrogen and oxygen atoms in total. The summed E-state index contributed by atoms with van der Waals surface area (Å²) in [6.45, 7) is 3.34. The summed E-state index contributed by atoms with van der Waals surface area (Å²) in [7, 11) is 0. The maximum absolute atomic E-state index is 10.3.